The van der Waals surface area contributed by atoms with Crippen LogP contribution >= 0.6 is 11.3 Å². The van der Waals surface area contributed by atoms with Gasteiger partial charge >= 0.3 is 5.97 Å². The summed E-state index contributed by atoms with van der Waals surface area (Å²) in [5, 5.41) is 7.58. The van der Waals surface area contributed by atoms with Gasteiger partial charge in [0.25, 0.3) is 0 Å². The number of carbonyl (C=O) groups excluding carboxylic acids is 1. The summed E-state index contributed by atoms with van der Waals surface area (Å²) in [4.78, 5) is 11.0. The molecular weight excluding hydrogens is 222 g/mol. The van der Waals surface area contributed by atoms with E-state index in [0.717, 1.165) is 25.9 Å². The van der Waals surface area contributed by atoms with Crippen molar-refractivity contribution < 1.29 is 9.53 Å². The molecule has 4 heteroatoms. The lowest BCUT2D eigenvalue weighted by molar-refractivity contribution is -0.143. The van der Waals surface area contributed by atoms with Crippen LogP contribution in [0.25, 0.3) is 0 Å². The van der Waals surface area contributed by atoms with E-state index in [4.69, 9.17) is 4.74 Å². The molecule has 0 amide bonds. The van der Waals surface area contributed by atoms with E-state index >= 15 is 0 Å². The standard InChI is InChI=1S/C12H19NO2S/c1-2-15-12(14)4-3-7-13-8-5-11-6-9-16-10-11/h6,9-10,13H,2-5,7-8H2,1H3. The van der Waals surface area contributed by atoms with E-state index in [1.807, 2.05) is 6.92 Å². The van der Waals surface area contributed by atoms with Crippen molar-refractivity contribution in [1.29, 1.82) is 0 Å². The number of thiophene rings is 1. The second kappa shape index (κ2) is 8.30. The highest BCUT2D eigenvalue weighted by Crippen LogP contribution is 2.05. The summed E-state index contributed by atoms with van der Waals surface area (Å²) in [6.07, 6.45) is 2.42. The van der Waals surface area contributed by atoms with Gasteiger partial charge in [0.2, 0.25) is 0 Å². The van der Waals surface area contributed by atoms with Crippen LogP contribution in [0, 0.1) is 0 Å². The van der Waals surface area contributed by atoms with Gasteiger partial charge in [-0.15, -0.1) is 0 Å². The Hall–Kier alpha value is -0.870. The minimum atomic E-state index is -0.0952. The third-order valence-electron chi connectivity index (χ3n) is 2.21. The van der Waals surface area contributed by atoms with Crippen molar-refractivity contribution >= 4 is 17.3 Å². The van der Waals surface area contributed by atoms with E-state index in [2.05, 4.69) is 22.1 Å². The molecule has 0 spiro atoms. The Morgan fingerprint density at radius 3 is 3.06 bits per heavy atom. The monoisotopic (exact) mass is 241 g/mol. The molecule has 1 N–H and O–H groups in total. The number of esters is 1. The van der Waals surface area contributed by atoms with Crippen molar-refractivity contribution in [3.63, 3.8) is 0 Å². The second-order valence-electron chi connectivity index (χ2n) is 3.54. The van der Waals surface area contributed by atoms with Gasteiger partial charge < -0.3 is 10.1 Å². The Bertz CT molecular complexity index is 285. The SMILES string of the molecule is CCOC(=O)CCCNCCc1ccsc1. The summed E-state index contributed by atoms with van der Waals surface area (Å²) in [6.45, 7) is 4.16. The molecule has 0 fully saturated rings. The lowest BCUT2D eigenvalue weighted by atomic mass is 10.2. The molecule has 1 heterocycles. The molecule has 0 unspecified atom stereocenters. The maximum Gasteiger partial charge on any atom is 0.305 e. The number of rotatable bonds is 8. The molecule has 0 bridgehead atoms. The number of hydrogen-bond donors (Lipinski definition) is 1. The highest BCUT2D eigenvalue weighted by molar-refractivity contribution is 7.07. The van der Waals surface area contributed by atoms with Crippen LogP contribution in [0.3, 0.4) is 0 Å². The zero-order valence-corrected chi connectivity index (χ0v) is 10.5. The molecule has 0 atom stereocenters. The molecular formula is C12H19NO2S. The first-order chi connectivity index (χ1) is 7.83. The fourth-order valence-electron chi connectivity index (χ4n) is 1.38. The minimum Gasteiger partial charge on any atom is -0.466 e. The maximum atomic E-state index is 11.0. The molecule has 1 aromatic rings. The van der Waals surface area contributed by atoms with E-state index in [1.54, 1.807) is 11.3 Å². The number of ether oxygens (including phenoxy) is 1. The van der Waals surface area contributed by atoms with Crippen LogP contribution in [0.4, 0.5) is 0 Å². The smallest absolute Gasteiger partial charge is 0.305 e. The van der Waals surface area contributed by atoms with Crippen LogP contribution in [0.5, 0.6) is 0 Å². The van der Waals surface area contributed by atoms with E-state index in [0.29, 0.717) is 13.0 Å². The van der Waals surface area contributed by atoms with Gasteiger partial charge in [-0.25, -0.2) is 0 Å². The van der Waals surface area contributed by atoms with E-state index in [9.17, 15) is 4.79 Å². The average molecular weight is 241 g/mol. The zero-order chi connectivity index (χ0) is 11.6. The summed E-state index contributed by atoms with van der Waals surface area (Å²) < 4.78 is 4.84. The Morgan fingerprint density at radius 2 is 2.38 bits per heavy atom. The number of hydrogen-bond acceptors (Lipinski definition) is 4. The van der Waals surface area contributed by atoms with Crippen molar-refractivity contribution in [3.05, 3.63) is 22.4 Å². The van der Waals surface area contributed by atoms with Crippen LogP contribution in [-0.2, 0) is 16.0 Å². The molecule has 16 heavy (non-hydrogen) atoms. The van der Waals surface area contributed by atoms with Crippen LogP contribution in [0.2, 0.25) is 0 Å². The molecule has 90 valence electrons. The van der Waals surface area contributed by atoms with E-state index in [-0.39, 0.29) is 5.97 Å². The van der Waals surface area contributed by atoms with Crippen LogP contribution in [-0.4, -0.2) is 25.7 Å². The summed E-state index contributed by atoms with van der Waals surface area (Å²) in [6, 6.07) is 2.14. The molecule has 0 radical (unpaired) electrons. The number of carbonyl (C=O) groups is 1. The van der Waals surface area contributed by atoms with Crippen molar-refractivity contribution in [1.82, 2.24) is 5.32 Å². The third kappa shape index (κ3) is 5.88. The van der Waals surface area contributed by atoms with Gasteiger partial charge in [-0.1, -0.05) is 0 Å². The van der Waals surface area contributed by atoms with Gasteiger partial charge in [0.1, 0.15) is 0 Å². The predicted octanol–water partition coefficient (Wildman–Crippen LogP) is 2.22. The average Bonchev–Trinajstić information content (AvgIpc) is 2.76. The molecule has 0 aliphatic carbocycles. The van der Waals surface area contributed by atoms with Gasteiger partial charge in [-0.05, 0) is 55.2 Å². The topological polar surface area (TPSA) is 38.3 Å². The molecule has 1 rings (SSSR count). The Kier molecular flexibility index (Phi) is 6.85. The van der Waals surface area contributed by atoms with Crippen molar-refractivity contribution in [2.45, 2.75) is 26.2 Å². The fourth-order valence-corrected chi connectivity index (χ4v) is 2.09. The Labute approximate surface area is 101 Å². The van der Waals surface area contributed by atoms with Gasteiger partial charge in [0, 0.05) is 6.42 Å². The molecule has 0 aliphatic heterocycles. The first kappa shape index (κ1) is 13.2. The van der Waals surface area contributed by atoms with Crippen LogP contribution < -0.4 is 5.32 Å². The first-order valence-electron chi connectivity index (χ1n) is 5.70. The molecule has 1 aromatic heterocycles. The van der Waals surface area contributed by atoms with Gasteiger partial charge in [-0.2, -0.15) is 11.3 Å². The minimum absolute atomic E-state index is 0.0952. The van der Waals surface area contributed by atoms with Crippen molar-refractivity contribution in [2.75, 3.05) is 19.7 Å². The van der Waals surface area contributed by atoms with Gasteiger partial charge in [0.05, 0.1) is 6.61 Å². The summed E-state index contributed by atoms with van der Waals surface area (Å²) in [7, 11) is 0. The molecule has 3 nitrogen and oxygen atoms in total. The van der Waals surface area contributed by atoms with Gasteiger partial charge in [0.15, 0.2) is 0 Å². The predicted molar refractivity (Wildman–Crippen MR) is 66.8 cm³/mol. The van der Waals surface area contributed by atoms with Crippen molar-refractivity contribution in [2.24, 2.45) is 0 Å². The van der Waals surface area contributed by atoms with Crippen LogP contribution in [0.15, 0.2) is 16.8 Å². The zero-order valence-electron chi connectivity index (χ0n) is 9.70. The normalized spacial score (nSPS) is 10.3. The summed E-state index contributed by atoms with van der Waals surface area (Å²) in [5.74, 6) is -0.0952. The van der Waals surface area contributed by atoms with Crippen molar-refractivity contribution in [3.8, 4) is 0 Å². The largest absolute Gasteiger partial charge is 0.466 e. The van der Waals surface area contributed by atoms with E-state index < -0.39 is 0 Å². The molecule has 0 saturated heterocycles. The lowest BCUT2D eigenvalue weighted by Gasteiger charge is -2.03. The lowest BCUT2D eigenvalue weighted by Crippen LogP contribution is -2.19. The molecule has 0 saturated carbocycles. The Balaban J connectivity index is 1.90. The maximum absolute atomic E-state index is 11.0. The van der Waals surface area contributed by atoms with Crippen LogP contribution in [0.1, 0.15) is 25.3 Å². The highest BCUT2D eigenvalue weighted by Gasteiger charge is 2.00. The first-order valence-corrected chi connectivity index (χ1v) is 6.64. The fraction of sp³-hybridized carbons (Fsp3) is 0.583. The molecule has 0 aromatic carbocycles. The third-order valence-corrected chi connectivity index (χ3v) is 2.94. The van der Waals surface area contributed by atoms with Gasteiger partial charge in [-0.3, -0.25) is 4.79 Å². The number of nitrogens with one attached hydrogen (secondary N) is 1. The summed E-state index contributed by atoms with van der Waals surface area (Å²) in [5.41, 5.74) is 1.38. The second-order valence-corrected chi connectivity index (χ2v) is 4.32. The molecule has 0 aliphatic rings. The van der Waals surface area contributed by atoms with E-state index in [1.165, 1.54) is 5.56 Å². The highest BCUT2D eigenvalue weighted by atomic mass is 32.1. The quantitative estimate of drug-likeness (QED) is 0.560. The summed E-state index contributed by atoms with van der Waals surface area (Å²) >= 11 is 1.73. The Morgan fingerprint density at radius 1 is 1.50 bits per heavy atom.